The zero-order valence-corrected chi connectivity index (χ0v) is 26.3. The normalized spacial score (nSPS) is 12.0. The number of aromatic nitrogens is 2. The first-order valence-corrected chi connectivity index (χ1v) is 14.9. The Bertz CT molecular complexity index is 1740. The Labute approximate surface area is 257 Å². The van der Waals surface area contributed by atoms with Gasteiger partial charge in [0, 0.05) is 44.2 Å². The molecule has 2 aromatic carbocycles. The number of benzene rings is 2. The number of halogens is 2. The molecule has 1 N–H and O–H groups in total. The molecule has 0 atom stereocenters. The van der Waals surface area contributed by atoms with Gasteiger partial charge in [-0.05, 0) is 49.7 Å². The topological polar surface area (TPSA) is 103 Å². The lowest BCUT2D eigenvalue weighted by Gasteiger charge is -2.20. The third-order valence-corrected chi connectivity index (χ3v) is 8.41. The van der Waals surface area contributed by atoms with Crippen molar-refractivity contribution in [2.75, 3.05) is 41.0 Å². The maximum absolute atomic E-state index is 14.8. The quantitative estimate of drug-likeness (QED) is 0.226. The molecule has 0 radical (unpaired) electrons. The van der Waals surface area contributed by atoms with Gasteiger partial charge in [0.25, 0.3) is 5.56 Å². The van der Waals surface area contributed by atoms with E-state index in [9.17, 15) is 28.3 Å². The third-order valence-electron chi connectivity index (χ3n) is 7.11. The molecule has 0 spiro atoms. The molecule has 0 saturated carbocycles. The number of fused-ring (bicyclic) bond motifs is 1. The fourth-order valence-corrected chi connectivity index (χ4v) is 6.32. The molecule has 0 saturated heterocycles. The highest BCUT2D eigenvalue weighted by atomic mass is 32.1. The number of carbonyl (C=O) groups excluding carboxylic acids is 1. The largest absolute Gasteiger partial charge is 0.389 e. The number of nitrogens with zero attached hydrogens (tertiary/aromatic N) is 3. The highest BCUT2D eigenvalue weighted by Gasteiger charge is 2.27. The number of ketones is 1. The van der Waals surface area contributed by atoms with Crippen LogP contribution in [0.25, 0.3) is 20.7 Å². The SMILES string of the molecule is COCCN(C)Cc1c(-c2ccc(CC(=O)COC)cc2)sc2c1c(=O)n(CC(C)(C)O)c(=O)n2Cc1c(F)cccc1F. The monoisotopic (exact) mass is 629 g/mol. The van der Waals surface area contributed by atoms with Crippen molar-refractivity contribution in [2.24, 2.45) is 0 Å². The molecule has 0 aliphatic carbocycles. The molecule has 0 aliphatic heterocycles. The van der Waals surface area contributed by atoms with E-state index in [-0.39, 0.29) is 41.1 Å². The van der Waals surface area contributed by atoms with Crippen LogP contribution in [0.4, 0.5) is 8.78 Å². The van der Waals surface area contributed by atoms with E-state index in [1.165, 1.54) is 42.9 Å². The lowest BCUT2D eigenvalue weighted by molar-refractivity contribution is -0.121. The van der Waals surface area contributed by atoms with Gasteiger partial charge in [-0.1, -0.05) is 30.3 Å². The van der Waals surface area contributed by atoms with Gasteiger partial charge in [-0.3, -0.25) is 23.6 Å². The number of thiophene rings is 1. The zero-order valence-electron chi connectivity index (χ0n) is 25.5. The molecule has 0 bridgehead atoms. The lowest BCUT2D eigenvalue weighted by Crippen LogP contribution is -2.45. The Hall–Kier alpha value is -3.55. The fraction of sp³-hybridized carbons (Fsp3) is 0.406. The van der Waals surface area contributed by atoms with E-state index in [0.717, 1.165) is 27.8 Å². The average molecular weight is 630 g/mol. The number of carbonyl (C=O) groups is 1. The van der Waals surface area contributed by atoms with Gasteiger partial charge in [-0.2, -0.15) is 0 Å². The van der Waals surface area contributed by atoms with Crippen molar-refractivity contribution < 1.29 is 28.2 Å². The fourth-order valence-electron chi connectivity index (χ4n) is 5.02. The number of methoxy groups -OCH3 is 2. The van der Waals surface area contributed by atoms with Gasteiger partial charge in [0.15, 0.2) is 5.78 Å². The Morgan fingerprint density at radius 2 is 1.66 bits per heavy atom. The molecule has 0 fully saturated rings. The number of likely N-dealkylation sites (N-methyl/N-ethyl adjacent to an activating group) is 1. The van der Waals surface area contributed by atoms with Crippen molar-refractivity contribution in [1.29, 1.82) is 0 Å². The van der Waals surface area contributed by atoms with Crippen molar-refractivity contribution >= 4 is 27.3 Å². The van der Waals surface area contributed by atoms with Crippen molar-refractivity contribution in [3.8, 4) is 10.4 Å². The van der Waals surface area contributed by atoms with E-state index < -0.39 is 35.0 Å². The zero-order chi connectivity index (χ0) is 32.2. The summed E-state index contributed by atoms with van der Waals surface area (Å²) in [5.74, 6) is -1.71. The van der Waals surface area contributed by atoms with Gasteiger partial charge >= 0.3 is 5.69 Å². The van der Waals surface area contributed by atoms with Crippen LogP contribution in [0.5, 0.6) is 0 Å². The molecule has 0 unspecified atom stereocenters. The Balaban J connectivity index is 1.99. The summed E-state index contributed by atoms with van der Waals surface area (Å²) >= 11 is 1.18. The van der Waals surface area contributed by atoms with Crippen LogP contribution < -0.4 is 11.2 Å². The third kappa shape index (κ3) is 7.56. The highest BCUT2D eigenvalue weighted by molar-refractivity contribution is 7.22. The van der Waals surface area contributed by atoms with E-state index in [2.05, 4.69) is 0 Å². The summed E-state index contributed by atoms with van der Waals surface area (Å²) in [6.45, 7) is 3.46. The van der Waals surface area contributed by atoms with Crippen molar-refractivity contribution in [1.82, 2.24) is 14.0 Å². The van der Waals surface area contributed by atoms with Crippen LogP contribution in [-0.4, -0.2) is 71.6 Å². The second-order valence-electron chi connectivity index (χ2n) is 11.4. The Kier molecular flexibility index (Phi) is 10.6. The van der Waals surface area contributed by atoms with Gasteiger partial charge in [0.05, 0.1) is 30.7 Å². The number of aliphatic hydroxyl groups is 1. The van der Waals surface area contributed by atoms with Crippen LogP contribution in [0.1, 0.15) is 30.5 Å². The summed E-state index contributed by atoms with van der Waals surface area (Å²) < 4.78 is 41.9. The van der Waals surface area contributed by atoms with Gasteiger partial charge < -0.3 is 14.6 Å². The summed E-state index contributed by atoms with van der Waals surface area (Å²) in [5, 5.41) is 10.8. The minimum absolute atomic E-state index is 0.00702. The minimum Gasteiger partial charge on any atom is -0.389 e. The predicted molar refractivity (Wildman–Crippen MR) is 166 cm³/mol. The molecular formula is C32H37F2N3O6S. The molecular weight excluding hydrogens is 592 g/mol. The lowest BCUT2D eigenvalue weighted by atomic mass is 10.0. The molecule has 236 valence electrons. The first-order chi connectivity index (χ1) is 20.8. The van der Waals surface area contributed by atoms with Gasteiger partial charge in [0.2, 0.25) is 0 Å². The maximum atomic E-state index is 14.8. The van der Waals surface area contributed by atoms with E-state index in [0.29, 0.717) is 30.1 Å². The Morgan fingerprint density at radius 3 is 2.25 bits per heavy atom. The van der Waals surface area contributed by atoms with E-state index in [1.54, 1.807) is 7.11 Å². The van der Waals surface area contributed by atoms with Crippen molar-refractivity contribution in [2.45, 2.75) is 45.5 Å². The first-order valence-electron chi connectivity index (χ1n) is 14.1. The summed E-state index contributed by atoms with van der Waals surface area (Å²) in [7, 11) is 4.92. The highest BCUT2D eigenvalue weighted by Crippen LogP contribution is 2.38. The second kappa shape index (κ2) is 14.0. The molecule has 12 heteroatoms. The summed E-state index contributed by atoms with van der Waals surface area (Å²) in [6.07, 6.45) is 0.197. The molecule has 2 heterocycles. The average Bonchev–Trinajstić information content (AvgIpc) is 3.32. The van der Waals surface area contributed by atoms with Crippen LogP contribution in [0, 0.1) is 11.6 Å². The van der Waals surface area contributed by atoms with Crippen molar-refractivity contribution in [3.05, 3.63) is 91.6 Å². The summed E-state index contributed by atoms with van der Waals surface area (Å²) in [6, 6.07) is 10.8. The molecule has 2 aromatic heterocycles. The van der Waals surface area contributed by atoms with E-state index >= 15 is 0 Å². The molecule has 44 heavy (non-hydrogen) atoms. The smallest absolute Gasteiger partial charge is 0.332 e. The summed E-state index contributed by atoms with van der Waals surface area (Å²) in [5.41, 5.74) is -0.971. The molecule has 0 aliphatic rings. The number of hydrogen-bond donors (Lipinski definition) is 1. The number of ether oxygens (including phenoxy) is 2. The molecule has 0 amide bonds. The molecule has 9 nitrogen and oxygen atoms in total. The van der Waals surface area contributed by atoms with E-state index in [4.69, 9.17) is 9.47 Å². The minimum atomic E-state index is -1.43. The van der Waals surface area contributed by atoms with Gasteiger partial charge in [0.1, 0.15) is 23.1 Å². The number of Topliss-reactive ketones (excluding diaryl/α,β-unsaturated/α-hetero) is 1. The molecule has 4 aromatic rings. The van der Waals surface area contributed by atoms with Crippen LogP contribution in [-0.2, 0) is 40.3 Å². The van der Waals surface area contributed by atoms with Gasteiger partial charge in [-0.25, -0.2) is 13.6 Å². The number of hydrogen-bond acceptors (Lipinski definition) is 8. The van der Waals surface area contributed by atoms with Crippen LogP contribution in [0.15, 0.2) is 52.1 Å². The number of rotatable bonds is 14. The van der Waals surface area contributed by atoms with Crippen LogP contribution in [0.3, 0.4) is 0 Å². The van der Waals surface area contributed by atoms with Crippen molar-refractivity contribution in [3.63, 3.8) is 0 Å². The maximum Gasteiger partial charge on any atom is 0.332 e. The van der Waals surface area contributed by atoms with Crippen LogP contribution in [0.2, 0.25) is 0 Å². The molecule has 4 rings (SSSR count). The predicted octanol–water partition coefficient (Wildman–Crippen LogP) is 3.83. The first kappa shape index (κ1) is 33.3. The Morgan fingerprint density at radius 1 is 1.00 bits per heavy atom. The van der Waals surface area contributed by atoms with E-state index in [1.807, 2.05) is 36.2 Å². The summed E-state index contributed by atoms with van der Waals surface area (Å²) in [4.78, 5) is 42.9. The van der Waals surface area contributed by atoms with Crippen LogP contribution >= 0.6 is 11.3 Å². The van der Waals surface area contributed by atoms with Gasteiger partial charge in [-0.15, -0.1) is 11.3 Å². The standard InChI is InChI=1S/C32H37F2N3O6S/c1-32(2,41)19-37-29(39)27-24(16-35(3)13-14-42-4)28(21-11-9-20(10-12-21)15-22(38)18-43-5)44-30(27)36(31(37)40)17-23-25(33)7-6-8-26(23)34/h6-12,41H,13-19H2,1-5H3. The second-order valence-corrected chi connectivity index (χ2v) is 12.4.